The summed E-state index contributed by atoms with van der Waals surface area (Å²) >= 11 is 0. The molecule has 8 fully saturated rings. The lowest BCUT2D eigenvalue weighted by molar-refractivity contribution is -0.816. The van der Waals surface area contributed by atoms with Crippen LogP contribution in [0.15, 0.2) is 0 Å². The van der Waals surface area contributed by atoms with E-state index in [1.54, 1.807) is 0 Å². The van der Waals surface area contributed by atoms with Gasteiger partial charge in [-0.15, -0.1) is 4.68 Å². The van der Waals surface area contributed by atoms with E-state index in [4.69, 9.17) is 16.0 Å². The number of hydrogen-bond donors (Lipinski definition) is 1. The summed E-state index contributed by atoms with van der Waals surface area (Å²) in [5.74, 6) is 6.20. The normalized spacial score (nSPS) is 51.6. The molecule has 0 radical (unpaired) electrons. The van der Waals surface area contributed by atoms with Gasteiger partial charge in [-0.3, -0.25) is 0 Å². The fraction of sp³-hybridized carbons (Fsp3) is 0.952. The summed E-state index contributed by atoms with van der Waals surface area (Å²) < 4.78 is 2.23. The third-order valence-electron chi connectivity index (χ3n) is 9.47. The molecule has 9 rings (SSSR count). The number of hydrogen-bond acceptors (Lipinski definition) is 3. The molecule has 0 aromatic carbocycles. The van der Waals surface area contributed by atoms with Crippen molar-refractivity contribution in [2.24, 2.45) is 35.5 Å². The SMILES string of the molecule is Nc1nn(C23CC4CC(CC(C4)C2)C3)n[n+]1C12CC3CC(CC(C3)C1)C2.[Cl-]. The second-order valence-corrected chi connectivity index (χ2v) is 11.4. The molecule has 27 heavy (non-hydrogen) atoms. The summed E-state index contributed by atoms with van der Waals surface area (Å²) in [6.07, 6.45) is 16.6. The molecule has 0 spiro atoms. The van der Waals surface area contributed by atoms with Gasteiger partial charge < -0.3 is 18.1 Å². The Bertz CT molecular complexity index is 700. The van der Waals surface area contributed by atoms with Gasteiger partial charge in [0.2, 0.25) is 0 Å². The van der Waals surface area contributed by atoms with Crippen LogP contribution in [0.2, 0.25) is 0 Å². The van der Waals surface area contributed by atoms with Crippen LogP contribution in [0, 0.1) is 35.5 Å². The lowest BCUT2D eigenvalue weighted by Gasteiger charge is -2.55. The highest BCUT2D eigenvalue weighted by molar-refractivity contribution is 5.08. The average Bonchev–Trinajstić information content (AvgIpc) is 2.96. The maximum Gasteiger partial charge on any atom is 0.396 e. The number of tetrazole rings is 1. The molecule has 8 saturated carbocycles. The molecule has 8 aliphatic rings. The predicted octanol–water partition coefficient (Wildman–Crippen LogP) is 0.00240. The van der Waals surface area contributed by atoms with Gasteiger partial charge in [0.25, 0.3) is 0 Å². The minimum absolute atomic E-state index is 0. The molecular formula is C21H32ClN5. The van der Waals surface area contributed by atoms with E-state index in [-0.39, 0.29) is 23.5 Å². The first-order valence-electron chi connectivity index (χ1n) is 11.3. The molecule has 8 bridgehead atoms. The standard InChI is InChI=1S/C21H32N5.ClH/c22-19-23-26(21-10-16-4-17(11-21)6-18(5-16)12-21)24-25(19)20-7-13-1-14(8-20)3-15(2-13)9-20;/h13-18H,1-12H2,(H2,22,23,24);1H/q+1;/p-1. The average molecular weight is 390 g/mol. The van der Waals surface area contributed by atoms with Gasteiger partial charge in [-0.05, 0) is 117 Å². The van der Waals surface area contributed by atoms with Crippen LogP contribution in [0.4, 0.5) is 5.95 Å². The number of anilines is 1. The molecule has 1 aromatic heterocycles. The number of nitrogens with two attached hydrogens (primary N) is 1. The molecule has 148 valence electrons. The maximum atomic E-state index is 6.55. The zero-order valence-electron chi connectivity index (χ0n) is 16.2. The number of rotatable bonds is 2. The first kappa shape index (κ1) is 17.1. The van der Waals surface area contributed by atoms with E-state index in [1.807, 2.05) is 0 Å². The molecule has 0 aliphatic heterocycles. The van der Waals surface area contributed by atoms with Crippen molar-refractivity contribution < 1.29 is 17.1 Å². The first-order valence-corrected chi connectivity index (χ1v) is 11.3. The van der Waals surface area contributed by atoms with Gasteiger partial charge in [-0.25, -0.2) is 0 Å². The topological polar surface area (TPSA) is 60.6 Å². The van der Waals surface area contributed by atoms with Crippen LogP contribution >= 0.6 is 0 Å². The van der Waals surface area contributed by atoms with Gasteiger partial charge in [-0.1, -0.05) is 0 Å². The molecule has 0 atom stereocenters. The Labute approximate surface area is 167 Å². The van der Waals surface area contributed by atoms with Crippen molar-refractivity contribution in [2.75, 3.05) is 5.73 Å². The Kier molecular flexibility index (Phi) is 3.41. The summed E-state index contributed by atoms with van der Waals surface area (Å²) in [7, 11) is 0. The van der Waals surface area contributed by atoms with Gasteiger partial charge in [0.1, 0.15) is 11.1 Å². The molecular weight excluding hydrogens is 358 g/mol. The van der Waals surface area contributed by atoms with Crippen LogP contribution in [-0.4, -0.2) is 15.1 Å². The molecule has 1 heterocycles. The molecule has 0 saturated heterocycles. The lowest BCUT2D eigenvalue weighted by Crippen LogP contribution is -3.00. The van der Waals surface area contributed by atoms with E-state index in [2.05, 4.69) is 9.48 Å². The zero-order valence-corrected chi connectivity index (χ0v) is 16.9. The Balaban J connectivity index is 0.00000146. The largest absolute Gasteiger partial charge is 1.00 e. The highest BCUT2D eigenvalue weighted by atomic mass is 35.5. The summed E-state index contributed by atoms with van der Waals surface area (Å²) in [6, 6.07) is 0. The predicted molar refractivity (Wildman–Crippen MR) is 96.9 cm³/mol. The number of nitrogens with zero attached hydrogens (tertiary/aromatic N) is 4. The highest BCUT2D eigenvalue weighted by Crippen LogP contribution is 2.59. The van der Waals surface area contributed by atoms with Crippen molar-refractivity contribution >= 4 is 5.95 Å². The fourth-order valence-corrected chi connectivity index (χ4v) is 9.46. The lowest BCUT2D eigenvalue weighted by atomic mass is 9.53. The third-order valence-corrected chi connectivity index (χ3v) is 9.47. The van der Waals surface area contributed by atoms with Gasteiger partial charge in [0.05, 0.1) is 5.10 Å². The van der Waals surface area contributed by atoms with Crippen molar-refractivity contribution in [3.05, 3.63) is 0 Å². The first-order chi connectivity index (χ1) is 12.6. The number of nitrogen functional groups attached to an aromatic ring is 1. The highest BCUT2D eigenvalue weighted by Gasteiger charge is 2.58. The van der Waals surface area contributed by atoms with Gasteiger partial charge in [-0.2, -0.15) is 0 Å². The van der Waals surface area contributed by atoms with E-state index < -0.39 is 0 Å². The van der Waals surface area contributed by atoms with Crippen molar-refractivity contribution in [3.63, 3.8) is 0 Å². The van der Waals surface area contributed by atoms with Gasteiger partial charge in [0.15, 0.2) is 0 Å². The van der Waals surface area contributed by atoms with E-state index in [1.165, 1.54) is 77.0 Å². The molecule has 0 amide bonds. The molecule has 8 aliphatic carbocycles. The number of aromatic nitrogens is 4. The summed E-state index contributed by atoms with van der Waals surface area (Å²) in [5, 5.41) is 10.1. The van der Waals surface area contributed by atoms with Crippen molar-refractivity contribution in [1.29, 1.82) is 0 Å². The quantitative estimate of drug-likeness (QED) is 0.724. The second-order valence-electron chi connectivity index (χ2n) is 11.4. The molecule has 0 unspecified atom stereocenters. The van der Waals surface area contributed by atoms with E-state index >= 15 is 0 Å². The van der Waals surface area contributed by atoms with Crippen molar-refractivity contribution in [3.8, 4) is 0 Å². The van der Waals surface area contributed by atoms with Crippen LogP contribution in [0.3, 0.4) is 0 Å². The maximum absolute atomic E-state index is 6.55. The Morgan fingerprint density at radius 3 is 1.59 bits per heavy atom. The molecule has 6 heteroatoms. The van der Waals surface area contributed by atoms with Gasteiger partial charge >= 0.3 is 5.95 Å². The van der Waals surface area contributed by atoms with E-state index in [0.717, 1.165) is 35.5 Å². The minimum atomic E-state index is 0. The van der Waals surface area contributed by atoms with Crippen molar-refractivity contribution in [2.45, 2.75) is 88.1 Å². The monoisotopic (exact) mass is 389 g/mol. The zero-order chi connectivity index (χ0) is 17.1. The Morgan fingerprint density at radius 2 is 1.15 bits per heavy atom. The minimum Gasteiger partial charge on any atom is -1.00 e. The van der Waals surface area contributed by atoms with Gasteiger partial charge in [0, 0.05) is 5.21 Å². The van der Waals surface area contributed by atoms with Crippen molar-refractivity contribution in [1.82, 2.24) is 15.1 Å². The summed E-state index contributed by atoms with van der Waals surface area (Å²) in [4.78, 5) is 2.14. The summed E-state index contributed by atoms with van der Waals surface area (Å²) in [5.41, 5.74) is 6.93. The van der Waals surface area contributed by atoms with Crippen LogP contribution < -0.4 is 22.8 Å². The Morgan fingerprint density at radius 1 is 0.741 bits per heavy atom. The third kappa shape index (κ3) is 2.27. The van der Waals surface area contributed by atoms with Crippen LogP contribution in [0.1, 0.15) is 77.0 Å². The molecule has 5 nitrogen and oxygen atoms in total. The number of halogens is 1. The fourth-order valence-electron chi connectivity index (χ4n) is 9.46. The van der Waals surface area contributed by atoms with Crippen LogP contribution in [0.5, 0.6) is 0 Å². The smallest absolute Gasteiger partial charge is 0.396 e. The summed E-state index contributed by atoms with van der Waals surface area (Å²) in [6.45, 7) is 0. The van der Waals surface area contributed by atoms with E-state index in [9.17, 15) is 0 Å². The molecule has 2 N–H and O–H groups in total. The Hall–Kier alpha value is -0.840. The van der Waals surface area contributed by atoms with Crippen LogP contribution in [-0.2, 0) is 11.1 Å². The van der Waals surface area contributed by atoms with E-state index in [0.29, 0.717) is 5.95 Å². The second kappa shape index (κ2) is 5.40. The molecule has 1 aromatic rings. The van der Waals surface area contributed by atoms with Crippen LogP contribution in [0.25, 0.3) is 0 Å².